The summed E-state index contributed by atoms with van der Waals surface area (Å²) in [5.41, 5.74) is -1.24. The number of anilines is 1. The van der Waals surface area contributed by atoms with Crippen molar-refractivity contribution in [2.45, 2.75) is 69.2 Å². The molecule has 2 saturated heterocycles. The molecule has 0 amide bonds. The largest absolute Gasteiger partial charge is 0.475 e. The molecule has 0 spiro atoms. The fourth-order valence-electron chi connectivity index (χ4n) is 7.03. The van der Waals surface area contributed by atoms with Gasteiger partial charge in [-0.1, -0.05) is 18.2 Å². The van der Waals surface area contributed by atoms with E-state index in [0.717, 1.165) is 25.8 Å². The molecule has 45 heavy (non-hydrogen) atoms. The molecule has 9 nitrogen and oxygen atoms in total. The number of nitriles is 1. The van der Waals surface area contributed by atoms with Gasteiger partial charge < -0.3 is 24.3 Å². The van der Waals surface area contributed by atoms with Gasteiger partial charge in [-0.2, -0.15) is 5.26 Å². The molecule has 1 N–H and O–H groups in total. The van der Waals surface area contributed by atoms with Crippen molar-refractivity contribution < 1.29 is 22.6 Å². The lowest BCUT2D eigenvalue weighted by atomic mass is 9.75. The van der Waals surface area contributed by atoms with Crippen LogP contribution in [0.25, 0.3) is 10.9 Å². The molecule has 9 rings (SSSR count). The van der Waals surface area contributed by atoms with Crippen molar-refractivity contribution in [3.05, 3.63) is 57.1 Å². The minimum Gasteiger partial charge on any atom is -0.475 e. The van der Waals surface area contributed by atoms with E-state index in [1.54, 1.807) is 20.0 Å². The molecular weight excluding hydrogens is 585 g/mol. The monoisotopic (exact) mass is 624 g/mol. The van der Waals surface area contributed by atoms with Crippen LogP contribution in [0.15, 0.2) is 29.1 Å². The summed E-state index contributed by atoms with van der Waals surface area (Å²) in [6.07, 6.45) is 3.82. The number of aryl methyl sites for hydroxylation is 1. The first-order valence-corrected chi connectivity index (χ1v) is 15.8. The lowest BCUT2D eigenvalue weighted by Gasteiger charge is -2.36. The number of piperidine rings is 1. The first-order chi connectivity index (χ1) is 21.7. The molecule has 6 bridgehead atoms. The van der Waals surface area contributed by atoms with Gasteiger partial charge in [0.15, 0.2) is 5.82 Å². The van der Waals surface area contributed by atoms with Gasteiger partial charge in [0.1, 0.15) is 11.3 Å². The van der Waals surface area contributed by atoms with E-state index in [2.05, 4.69) is 26.5 Å². The van der Waals surface area contributed by atoms with E-state index in [1.807, 2.05) is 0 Å². The highest BCUT2D eigenvalue weighted by atomic mass is 19.3. The van der Waals surface area contributed by atoms with E-state index in [4.69, 9.17) is 9.47 Å². The summed E-state index contributed by atoms with van der Waals surface area (Å²) in [7, 11) is 1.60. The minimum atomic E-state index is -3.32. The number of aromatic nitrogens is 3. The van der Waals surface area contributed by atoms with E-state index in [0.29, 0.717) is 75.1 Å². The number of rotatable bonds is 1. The van der Waals surface area contributed by atoms with E-state index in [1.165, 1.54) is 22.8 Å². The van der Waals surface area contributed by atoms with Gasteiger partial charge in [0.05, 0.1) is 29.7 Å². The Kier molecular flexibility index (Phi) is 8.76. The molecule has 3 aromatic rings. The summed E-state index contributed by atoms with van der Waals surface area (Å²) < 4.78 is 60.7. The summed E-state index contributed by atoms with van der Waals surface area (Å²) in [6.45, 7) is 4.62. The lowest BCUT2D eigenvalue weighted by molar-refractivity contribution is -0.0880. The Labute approximate surface area is 260 Å². The highest BCUT2D eigenvalue weighted by Crippen LogP contribution is 2.44. The Bertz CT molecular complexity index is 1660. The van der Waals surface area contributed by atoms with Gasteiger partial charge in [0, 0.05) is 42.7 Å². The van der Waals surface area contributed by atoms with Crippen LogP contribution in [0.5, 0.6) is 5.88 Å². The zero-order valence-electron chi connectivity index (χ0n) is 25.8. The van der Waals surface area contributed by atoms with E-state index >= 15 is 13.2 Å². The van der Waals surface area contributed by atoms with Gasteiger partial charge in [-0.25, -0.2) is 13.2 Å². The molecule has 0 radical (unpaired) electrons. The van der Waals surface area contributed by atoms with Crippen molar-refractivity contribution in [1.82, 2.24) is 19.7 Å². The first kappa shape index (κ1) is 31.3. The van der Waals surface area contributed by atoms with Crippen LogP contribution < -0.4 is 15.6 Å². The Hall–Kier alpha value is -3.69. The Morgan fingerprint density at radius 3 is 2.53 bits per heavy atom. The maximum absolute atomic E-state index is 16.0. The molecule has 6 aliphatic heterocycles. The predicted octanol–water partition coefficient (Wildman–Crippen LogP) is 5.58. The first-order valence-electron chi connectivity index (χ1n) is 15.8. The fraction of sp³-hybridized carbons (Fsp3) is 0.576. The zero-order chi connectivity index (χ0) is 31.8. The van der Waals surface area contributed by atoms with Crippen molar-refractivity contribution in [3.8, 4) is 11.9 Å². The second kappa shape index (κ2) is 12.6. The van der Waals surface area contributed by atoms with Gasteiger partial charge in [0.25, 0.3) is 17.4 Å². The van der Waals surface area contributed by atoms with Crippen LogP contribution in [0.4, 0.5) is 19.0 Å². The smallest absolute Gasteiger partial charge is 0.278 e. The number of hydrogen-bond donors (Lipinski definition) is 1. The van der Waals surface area contributed by atoms with Crippen molar-refractivity contribution in [2.75, 3.05) is 44.8 Å². The van der Waals surface area contributed by atoms with Crippen LogP contribution >= 0.6 is 0 Å². The van der Waals surface area contributed by atoms with Gasteiger partial charge >= 0.3 is 0 Å². The summed E-state index contributed by atoms with van der Waals surface area (Å²) in [5.74, 6) is -4.81. The van der Waals surface area contributed by atoms with Crippen LogP contribution in [0.1, 0.15) is 74.6 Å². The third-order valence-electron chi connectivity index (χ3n) is 9.85. The maximum atomic E-state index is 16.0. The molecule has 2 aromatic heterocycles. The van der Waals surface area contributed by atoms with Crippen molar-refractivity contribution >= 4 is 16.7 Å². The highest BCUT2D eigenvalue weighted by molar-refractivity contribution is 5.93. The zero-order valence-corrected chi connectivity index (χ0v) is 25.8. The molecule has 2 fully saturated rings. The van der Waals surface area contributed by atoms with Crippen LogP contribution in [-0.4, -0.2) is 59.1 Å². The maximum Gasteiger partial charge on any atom is 0.278 e. The molecule has 6 aliphatic rings. The summed E-state index contributed by atoms with van der Waals surface area (Å²) in [6, 6.07) is 7.37. The highest BCUT2D eigenvalue weighted by Gasteiger charge is 2.45. The van der Waals surface area contributed by atoms with Crippen LogP contribution in [0.2, 0.25) is 0 Å². The molecule has 12 heteroatoms. The number of nitrogens with one attached hydrogen (secondary N) is 1. The van der Waals surface area contributed by atoms with Crippen molar-refractivity contribution in [1.29, 1.82) is 5.26 Å². The number of hydrogen-bond acceptors (Lipinski definition) is 8. The fourth-order valence-corrected chi connectivity index (χ4v) is 7.03. The summed E-state index contributed by atoms with van der Waals surface area (Å²) >= 11 is 0. The predicted molar refractivity (Wildman–Crippen MR) is 163 cm³/mol. The van der Waals surface area contributed by atoms with Crippen LogP contribution in [-0.2, 0) is 23.1 Å². The third-order valence-corrected chi connectivity index (χ3v) is 9.85. The van der Waals surface area contributed by atoms with Gasteiger partial charge in [-0.05, 0) is 77.6 Å². The second-order valence-electron chi connectivity index (χ2n) is 12.6. The number of halogens is 3. The van der Waals surface area contributed by atoms with E-state index in [9.17, 15) is 10.1 Å². The summed E-state index contributed by atoms with van der Waals surface area (Å²) in [4.78, 5) is 16.0. The molecule has 1 aromatic carbocycles. The number of benzene rings is 1. The number of pyridine rings is 1. The molecular formula is C33H39F3N6O3. The normalized spacial score (nSPS) is 25.2. The average Bonchev–Trinajstić information content (AvgIpc) is 3.05. The topological polar surface area (TPSA) is 105 Å². The van der Waals surface area contributed by atoms with E-state index in [-0.39, 0.29) is 22.8 Å². The molecule has 0 saturated carbocycles. The standard InChI is InChI=1S/C33H39F3N6O3/c1-21-23-7-6-8-25(27(23)34)33(35,36)22-9-14-42(15-10-22)13-4-3-5-16-45-30-28-24(29(38-21)39-40-30)19-26(31(43)41(28)2)32(20-37)11-17-44-18-12-32/h6-8,19,21-22H,3-5,9-18H2,1-2H3,(H,38,39)/t21-/m1/s1. The van der Waals surface area contributed by atoms with Crippen molar-refractivity contribution in [3.63, 3.8) is 0 Å². The van der Waals surface area contributed by atoms with Crippen LogP contribution in [0.3, 0.4) is 0 Å². The number of nitrogens with zero attached hydrogens (tertiary/aromatic N) is 5. The molecule has 8 heterocycles. The quantitative estimate of drug-likeness (QED) is 0.374. The molecule has 240 valence electrons. The minimum absolute atomic E-state index is 0.0669. The molecule has 0 aliphatic carbocycles. The van der Waals surface area contributed by atoms with E-state index < -0.39 is 34.7 Å². The average molecular weight is 625 g/mol. The van der Waals surface area contributed by atoms with Gasteiger partial charge in [0.2, 0.25) is 0 Å². The van der Waals surface area contributed by atoms with Gasteiger partial charge in [-0.15, -0.1) is 10.2 Å². The van der Waals surface area contributed by atoms with Crippen molar-refractivity contribution in [2.24, 2.45) is 13.0 Å². The SMILES string of the molecule is C[C@H]1Nc2nnc(c3c2cc(C2(C#N)CCOCC2)c(=O)n3C)OCCCCCN2CCC(CC2)C(F)(F)c2cccc1c2F. The molecule has 0 unspecified atom stereocenters. The summed E-state index contributed by atoms with van der Waals surface area (Å²) in [5, 5.41) is 22.6. The Morgan fingerprint density at radius 2 is 1.80 bits per heavy atom. The third kappa shape index (κ3) is 5.76. The molecule has 1 atom stereocenters. The number of alkyl halides is 2. The van der Waals surface area contributed by atoms with Gasteiger partial charge in [-0.3, -0.25) is 4.79 Å². The Balaban J connectivity index is 1.47. The number of ether oxygens (including phenoxy) is 2. The van der Waals surface area contributed by atoms with Crippen LogP contribution in [0, 0.1) is 23.1 Å². The Morgan fingerprint density at radius 1 is 1.04 bits per heavy atom. The second-order valence-corrected chi connectivity index (χ2v) is 12.6. The lowest BCUT2D eigenvalue weighted by Crippen LogP contribution is -2.40.